The Balaban J connectivity index is 0.000000576. The monoisotopic (exact) mass is 1010 g/mol. The summed E-state index contributed by atoms with van der Waals surface area (Å²) in [5.74, 6) is 0.949. The van der Waals surface area contributed by atoms with Crippen molar-refractivity contribution in [1.82, 2.24) is 0 Å². The SMILES string of the molecule is CC(=O)C(N)CC1CCC1.CC(=O)CN=C(c1ccccc1)c1ccccc1.II.I[I-]I. The van der Waals surface area contributed by atoms with Crippen LogP contribution in [0.15, 0.2) is 65.7 Å². The number of carbonyl (C=O) groups excluding carboxylic acids is 2. The zero-order valence-electron chi connectivity index (χ0n) is 18.7. The number of halogens is 5. The Morgan fingerprint density at radius 1 is 0.970 bits per heavy atom. The molecule has 2 aromatic rings. The van der Waals surface area contributed by atoms with E-state index in [0.29, 0.717) is 13.3 Å². The van der Waals surface area contributed by atoms with E-state index in [-0.39, 0.29) is 24.2 Å². The standard InChI is InChI=1S/C16H15NO.C8H15NO.I3.I2/c1-13(18)12-17-16(14-8-4-2-5-9-14)15-10-6-3-7-11-15;1-6(10)8(9)5-7-3-2-4-7;1-3-2;1-2/h2-11H,12H2,1H3;7-8H,2-5,9H2,1H3;;/q;;-1;. The van der Waals surface area contributed by atoms with E-state index in [1.807, 2.05) is 60.7 Å². The fraction of sp³-hybridized carbons (Fsp3) is 0.375. The van der Waals surface area contributed by atoms with Gasteiger partial charge in [0.05, 0.1) is 18.3 Å². The zero-order chi connectivity index (χ0) is 25.1. The van der Waals surface area contributed by atoms with E-state index in [1.54, 1.807) is 13.8 Å². The first-order valence-corrected chi connectivity index (χ1v) is 29.2. The van der Waals surface area contributed by atoms with Gasteiger partial charge in [-0.1, -0.05) is 79.9 Å². The molecule has 1 aliphatic rings. The molecule has 0 amide bonds. The average Bonchev–Trinajstić information content (AvgIpc) is 2.80. The van der Waals surface area contributed by atoms with Crippen molar-refractivity contribution in [1.29, 1.82) is 0 Å². The van der Waals surface area contributed by atoms with Gasteiger partial charge in [-0.2, -0.15) is 0 Å². The van der Waals surface area contributed by atoms with Crippen molar-refractivity contribution in [2.45, 2.75) is 45.6 Å². The molecule has 1 fully saturated rings. The minimum atomic E-state index is -0.190. The number of rotatable bonds is 7. The average molecular weight is 1010 g/mol. The fourth-order valence-electron chi connectivity index (χ4n) is 2.99. The Kier molecular flexibility index (Phi) is 23.0. The van der Waals surface area contributed by atoms with Gasteiger partial charge < -0.3 is 5.73 Å². The summed E-state index contributed by atoms with van der Waals surface area (Å²) in [7, 11) is 0. The number of aliphatic imine (C=N–C) groups is 1. The van der Waals surface area contributed by atoms with Gasteiger partial charge in [0.25, 0.3) is 0 Å². The molecule has 0 heterocycles. The van der Waals surface area contributed by atoms with Crippen molar-refractivity contribution >= 4 is 91.7 Å². The Labute approximate surface area is 251 Å². The number of hydrogen-bond acceptors (Lipinski definition) is 4. The summed E-state index contributed by atoms with van der Waals surface area (Å²) in [5.41, 5.74) is 8.51. The molecule has 0 spiro atoms. The minimum absolute atomic E-state index is 0.0689. The molecule has 1 atom stereocenters. The molecule has 0 aliphatic heterocycles. The molecule has 1 saturated carbocycles. The van der Waals surface area contributed by atoms with E-state index in [1.165, 1.54) is 19.3 Å². The third-order valence-corrected chi connectivity index (χ3v) is 4.89. The Bertz CT molecular complexity index is 775. The first kappa shape index (κ1) is 34.1. The zero-order valence-corrected chi connectivity index (χ0v) is 29.5. The predicted molar refractivity (Wildman–Crippen MR) is 171 cm³/mol. The van der Waals surface area contributed by atoms with Crippen molar-refractivity contribution in [2.75, 3.05) is 6.54 Å². The van der Waals surface area contributed by atoms with Crippen LogP contribution in [0.2, 0.25) is 0 Å². The third kappa shape index (κ3) is 16.4. The summed E-state index contributed by atoms with van der Waals surface area (Å²) in [5, 5.41) is 0. The molecule has 33 heavy (non-hydrogen) atoms. The van der Waals surface area contributed by atoms with Crippen LogP contribution in [0.4, 0.5) is 0 Å². The second kappa shape index (κ2) is 22.3. The van der Waals surface area contributed by atoms with Crippen LogP contribution < -0.4 is 19.0 Å². The van der Waals surface area contributed by atoms with Crippen LogP contribution >= 0.6 is 74.5 Å². The summed E-state index contributed by atoms with van der Waals surface area (Å²) < 4.78 is 0. The fourth-order valence-corrected chi connectivity index (χ4v) is 2.99. The molecule has 0 bridgehead atoms. The van der Waals surface area contributed by atoms with Crippen molar-refractivity contribution in [3.8, 4) is 0 Å². The van der Waals surface area contributed by atoms with Crippen LogP contribution in [0.25, 0.3) is 0 Å². The summed E-state index contributed by atoms with van der Waals surface area (Å²) in [6.45, 7) is 3.35. The molecule has 0 aromatic heterocycles. The predicted octanol–water partition coefficient (Wildman–Crippen LogP) is 4.75. The van der Waals surface area contributed by atoms with Gasteiger partial charge in [-0.15, -0.1) is 0 Å². The molecule has 2 aromatic carbocycles. The van der Waals surface area contributed by atoms with E-state index in [4.69, 9.17) is 5.73 Å². The molecule has 9 heteroatoms. The number of hydrogen-bond donors (Lipinski definition) is 1. The molecule has 3 rings (SSSR count). The van der Waals surface area contributed by atoms with Gasteiger partial charge in [0.15, 0.2) is 5.78 Å². The maximum atomic E-state index is 11.1. The molecule has 0 saturated heterocycles. The van der Waals surface area contributed by atoms with Crippen molar-refractivity contribution < 1.29 is 22.8 Å². The molecule has 184 valence electrons. The molecule has 1 aliphatic carbocycles. The first-order chi connectivity index (χ1) is 15.9. The van der Waals surface area contributed by atoms with Gasteiger partial charge >= 0.3 is 50.5 Å². The Hall–Kier alpha value is 1.06. The second-order valence-corrected chi connectivity index (χ2v) is 23.6. The molecule has 0 radical (unpaired) electrons. The van der Waals surface area contributed by atoms with Crippen molar-refractivity contribution in [3.63, 3.8) is 0 Å². The van der Waals surface area contributed by atoms with E-state index in [2.05, 4.69) is 79.5 Å². The molecule has 4 nitrogen and oxygen atoms in total. The van der Waals surface area contributed by atoms with Crippen LogP contribution in [0.3, 0.4) is 0 Å². The number of benzene rings is 2. The first-order valence-electron chi connectivity index (χ1n) is 10.3. The number of nitrogens with two attached hydrogens (primary N) is 1. The van der Waals surface area contributed by atoms with Gasteiger partial charge in [-0.05, 0) is 26.2 Å². The van der Waals surface area contributed by atoms with Crippen LogP contribution in [0.5, 0.6) is 0 Å². The van der Waals surface area contributed by atoms with Crippen LogP contribution in [0.1, 0.15) is 50.7 Å². The quantitative estimate of drug-likeness (QED) is 0.322. The van der Waals surface area contributed by atoms with Gasteiger partial charge in [0.1, 0.15) is 5.78 Å². The summed E-state index contributed by atoms with van der Waals surface area (Å²) in [6.07, 6.45) is 4.80. The van der Waals surface area contributed by atoms with E-state index in [0.717, 1.165) is 29.2 Å². The maximum absolute atomic E-state index is 11.1. The van der Waals surface area contributed by atoms with Crippen molar-refractivity contribution in [2.24, 2.45) is 16.6 Å². The molecular weight excluding hydrogens is 983 g/mol. The van der Waals surface area contributed by atoms with E-state index in [9.17, 15) is 9.59 Å². The summed E-state index contributed by atoms with van der Waals surface area (Å²) in [4.78, 5) is 26.2. The Morgan fingerprint density at radius 2 is 1.39 bits per heavy atom. The normalized spacial score (nSPS) is 12.8. The second-order valence-electron chi connectivity index (χ2n) is 7.40. The van der Waals surface area contributed by atoms with Crippen LogP contribution in [-0.4, -0.2) is 29.9 Å². The molecule has 1 unspecified atom stereocenters. The number of nitrogens with zero attached hydrogens (tertiary/aromatic N) is 1. The molecule has 2 N–H and O–H groups in total. The number of carbonyl (C=O) groups is 2. The number of ketones is 2. The van der Waals surface area contributed by atoms with E-state index < -0.39 is 0 Å². The molecular formula is C24H30I5N2O2-. The van der Waals surface area contributed by atoms with Crippen molar-refractivity contribution in [3.05, 3.63) is 71.8 Å². The topological polar surface area (TPSA) is 72.5 Å². The van der Waals surface area contributed by atoms with Gasteiger partial charge in [-0.25, -0.2) is 0 Å². The number of Topliss-reactive ketones (excluding diaryl/α,β-unsaturated/α-hetero) is 2. The summed E-state index contributed by atoms with van der Waals surface area (Å²) in [6, 6.07) is 19.7. The van der Waals surface area contributed by atoms with Crippen LogP contribution in [-0.2, 0) is 9.59 Å². The van der Waals surface area contributed by atoms with Gasteiger partial charge in [-0.3, -0.25) is 14.6 Å². The Morgan fingerprint density at radius 3 is 1.70 bits per heavy atom. The van der Waals surface area contributed by atoms with Crippen LogP contribution in [0, 0.1) is 5.92 Å². The van der Waals surface area contributed by atoms with Gasteiger partial charge in [0, 0.05) is 48.4 Å². The third-order valence-electron chi connectivity index (χ3n) is 4.89. The summed E-state index contributed by atoms with van der Waals surface area (Å²) >= 11 is 9.54. The van der Waals surface area contributed by atoms with E-state index >= 15 is 0 Å². The van der Waals surface area contributed by atoms with Gasteiger partial charge in [0.2, 0.25) is 0 Å².